The van der Waals surface area contributed by atoms with Gasteiger partial charge in [-0.15, -0.1) is 0 Å². The van der Waals surface area contributed by atoms with Crippen molar-refractivity contribution in [3.8, 4) is 0 Å². The Kier molecular flexibility index (Phi) is 1.76. The van der Waals surface area contributed by atoms with Crippen molar-refractivity contribution in [2.24, 2.45) is 29.6 Å². The van der Waals surface area contributed by atoms with Crippen LogP contribution in [0, 0.1) is 29.6 Å². The van der Waals surface area contributed by atoms with Gasteiger partial charge < -0.3 is 4.74 Å². The molecule has 2 bridgehead atoms. The first-order valence-electron chi connectivity index (χ1n) is 5.55. The number of fused-ring (bicyclic) bond motifs is 5. The topological polar surface area (TPSA) is 9.23 Å². The molecule has 0 spiro atoms. The largest absolute Gasteiger partial charge is 0.384 e. The van der Waals surface area contributed by atoms with Gasteiger partial charge in [-0.3, -0.25) is 0 Å². The zero-order valence-electron chi connectivity index (χ0n) is 8.28. The van der Waals surface area contributed by atoms with Gasteiger partial charge in [0.2, 0.25) is 0 Å². The summed E-state index contributed by atoms with van der Waals surface area (Å²) in [5.74, 6) is 4.84. The molecular formula is C12H18O. The van der Waals surface area contributed by atoms with E-state index >= 15 is 0 Å². The van der Waals surface area contributed by atoms with Crippen LogP contribution >= 0.6 is 0 Å². The second-order valence-corrected chi connectivity index (χ2v) is 5.02. The SMILES string of the molecule is COCC1CC2CC1C1CC=CC21. The molecule has 3 aliphatic carbocycles. The van der Waals surface area contributed by atoms with Crippen molar-refractivity contribution in [3.05, 3.63) is 12.2 Å². The number of rotatable bonds is 2. The molecular weight excluding hydrogens is 160 g/mol. The third-order valence-electron chi connectivity index (χ3n) is 4.52. The van der Waals surface area contributed by atoms with Gasteiger partial charge >= 0.3 is 0 Å². The van der Waals surface area contributed by atoms with Crippen molar-refractivity contribution >= 4 is 0 Å². The molecule has 0 aromatic rings. The Bertz CT molecular complexity index is 233. The Hall–Kier alpha value is -0.300. The van der Waals surface area contributed by atoms with Crippen LogP contribution in [0.3, 0.4) is 0 Å². The van der Waals surface area contributed by atoms with Crippen LogP contribution < -0.4 is 0 Å². The number of methoxy groups -OCH3 is 1. The Labute approximate surface area is 80.2 Å². The summed E-state index contributed by atoms with van der Waals surface area (Å²) in [7, 11) is 1.84. The van der Waals surface area contributed by atoms with Gasteiger partial charge in [0, 0.05) is 13.7 Å². The lowest BCUT2D eigenvalue weighted by Crippen LogP contribution is -2.27. The molecule has 3 rings (SSSR count). The predicted octanol–water partition coefficient (Wildman–Crippen LogP) is 2.48. The minimum atomic E-state index is 0.885. The first-order valence-corrected chi connectivity index (χ1v) is 5.55. The van der Waals surface area contributed by atoms with Crippen LogP contribution in [0.2, 0.25) is 0 Å². The average molecular weight is 178 g/mol. The van der Waals surface area contributed by atoms with E-state index in [0.29, 0.717) is 0 Å². The van der Waals surface area contributed by atoms with Crippen LogP contribution in [0.25, 0.3) is 0 Å². The molecule has 0 saturated heterocycles. The molecule has 0 N–H and O–H groups in total. The van der Waals surface area contributed by atoms with E-state index in [1.165, 1.54) is 19.3 Å². The summed E-state index contributed by atoms with van der Waals surface area (Å²) in [6.45, 7) is 1.00. The van der Waals surface area contributed by atoms with E-state index < -0.39 is 0 Å². The Balaban J connectivity index is 1.76. The lowest BCUT2D eigenvalue weighted by molar-refractivity contribution is 0.0923. The van der Waals surface area contributed by atoms with Gasteiger partial charge in [0.15, 0.2) is 0 Å². The van der Waals surface area contributed by atoms with E-state index in [0.717, 1.165) is 36.2 Å². The Morgan fingerprint density at radius 3 is 3.08 bits per heavy atom. The number of ether oxygens (including phenoxy) is 1. The highest BCUT2D eigenvalue weighted by Gasteiger charge is 2.51. The fourth-order valence-electron chi connectivity index (χ4n) is 4.11. The maximum Gasteiger partial charge on any atom is 0.0493 e. The van der Waals surface area contributed by atoms with Gasteiger partial charge in [-0.2, -0.15) is 0 Å². The van der Waals surface area contributed by atoms with E-state index in [9.17, 15) is 0 Å². The third kappa shape index (κ3) is 1.03. The normalized spacial score (nSPS) is 51.6. The number of allylic oxidation sites excluding steroid dienone is 2. The van der Waals surface area contributed by atoms with Gasteiger partial charge in [-0.05, 0) is 48.9 Å². The van der Waals surface area contributed by atoms with Gasteiger partial charge in [0.25, 0.3) is 0 Å². The highest BCUT2D eigenvalue weighted by Crippen LogP contribution is 2.58. The predicted molar refractivity (Wildman–Crippen MR) is 52.3 cm³/mol. The minimum absolute atomic E-state index is 0.885. The van der Waals surface area contributed by atoms with E-state index in [1.807, 2.05) is 7.11 Å². The molecule has 5 atom stereocenters. The summed E-state index contributed by atoms with van der Waals surface area (Å²) < 4.78 is 5.31. The molecule has 0 aliphatic heterocycles. The molecule has 2 saturated carbocycles. The average Bonchev–Trinajstić information content (AvgIpc) is 2.72. The molecule has 0 radical (unpaired) electrons. The highest BCUT2D eigenvalue weighted by atomic mass is 16.5. The lowest BCUT2D eigenvalue weighted by Gasteiger charge is -2.30. The van der Waals surface area contributed by atoms with Gasteiger partial charge in [0.05, 0.1) is 0 Å². The molecule has 0 heterocycles. The van der Waals surface area contributed by atoms with Gasteiger partial charge in [-0.25, -0.2) is 0 Å². The second-order valence-electron chi connectivity index (χ2n) is 5.02. The van der Waals surface area contributed by atoms with Crippen LogP contribution in [0.5, 0.6) is 0 Å². The van der Waals surface area contributed by atoms with Crippen LogP contribution in [0.4, 0.5) is 0 Å². The van der Waals surface area contributed by atoms with E-state index in [2.05, 4.69) is 12.2 Å². The lowest BCUT2D eigenvalue weighted by atomic mass is 9.76. The van der Waals surface area contributed by atoms with Crippen molar-refractivity contribution in [2.75, 3.05) is 13.7 Å². The molecule has 0 aromatic heterocycles. The maximum atomic E-state index is 5.31. The maximum absolute atomic E-state index is 5.31. The molecule has 72 valence electrons. The summed E-state index contributed by atoms with van der Waals surface area (Å²) >= 11 is 0. The first kappa shape index (κ1) is 8.05. The van der Waals surface area contributed by atoms with Gasteiger partial charge in [-0.1, -0.05) is 12.2 Å². The molecule has 3 aliphatic rings. The quantitative estimate of drug-likeness (QED) is 0.590. The zero-order chi connectivity index (χ0) is 8.84. The van der Waals surface area contributed by atoms with E-state index in [1.54, 1.807) is 0 Å². The molecule has 0 aromatic carbocycles. The van der Waals surface area contributed by atoms with Crippen molar-refractivity contribution in [3.63, 3.8) is 0 Å². The van der Waals surface area contributed by atoms with Crippen LogP contribution in [-0.2, 0) is 4.74 Å². The zero-order valence-corrected chi connectivity index (χ0v) is 8.28. The number of hydrogen-bond donors (Lipinski definition) is 0. The van der Waals surface area contributed by atoms with Crippen molar-refractivity contribution < 1.29 is 4.74 Å². The minimum Gasteiger partial charge on any atom is -0.384 e. The Morgan fingerprint density at radius 1 is 1.31 bits per heavy atom. The van der Waals surface area contributed by atoms with Crippen molar-refractivity contribution in [1.29, 1.82) is 0 Å². The second kappa shape index (κ2) is 2.84. The summed E-state index contributed by atoms with van der Waals surface area (Å²) in [5, 5.41) is 0. The van der Waals surface area contributed by atoms with Crippen molar-refractivity contribution in [1.82, 2.24) is 0 Å². The monoisotopic (exact) mass is 178 g/mol. The Morgan fingerprint density at radius 2 is 2.23 bits per heavy atom. The number of hydrogen-bond acceptors (Lipinski definition) is 1. The molecule has 1 heteroatoms. The van der Waals surface area contributed by atoms with Crippen molar-refractivity contribution in [2.45, 2.75) is 19.3 Å². The smallest absolute Gasteiger partial charge is 0.0493 e. The molecule has 2 fully saturated rings. The highest BCUT2D eigenvalue weighted by molar-refractivity contribution is 5.13. The summed E-state index contributed by atoms with van der Waals surface area (Å²) in [6, 6.07) is 0. The molecule has 5 unspecified atom stereocenters. The van der Waals surface area contributed by atoms with Crippen LogP contribution in [0.1, 0.15) is 19.3 Å². The molecule has 13 heavy (non-hydrogen) atoms. The summed E-state index contributed by atoms with van der Waals surface area (Å²) in [5.41, 5.74) is 0. The summed E-state index contributed by atoms with van der Waals surface area (Å²) in [4.78, 5) is 0. The fourth-order valence-corrected chi connectivity index (χ4v) is 4.11. The molecule has 0 amide bonds. The first-order chi connectivity index (χ1) is 6.40. The van der Waals surface area contributed by atoms with Crippen LogP contribution in [0.15, 0.2) is 12.2 Å². The fraction of sp³-hybridized carbons (Fsp3) is 0.833. The summed E-state index contributed by atoms with van der Waals surface area (Å²) in [6.07, 6.45) is 9.17. The standard InChI is InChI=1S/C12H18O/c1-13-7-9-5-8-6-12(9)11-4-2-3-10(8)11/h2-3,8-12H,4-7H2,1H3. The third-order valence-corrected chi connectivity index (χ3v) is 4.52. The van der Waals surface area contributed by atoms with Crippen LogP contribution in [-0.4, -0.2) is 13.7 Å². The molecule has 1 nitrogen and oxygen atoms in total. The van der Waals surface area contributed by atoms with E-state index in [-0.39, 0.29) is 0 Å². The van der Waals surface area contributed by atoms with E-state index in [4.69, 9.17) is 4.74 Å². The van der Waals surface area contributed by atoms with Gasteiger partial charge in [0.1, 0.15) is 0 Å².